The summed E-state index contributed by atoms with van der Waals surface area (Å²) in [5, 5.41) is 3.94. The molecule has 7 heteroatoms. The summed E-state index contributed by atoms with van der Waals surface area (Å²) in [7, 11) is 3.15. The highest BCUT2D eigenvalue weighted by molar-refractivity contribution is 7.80. The van der Waals surface area contributed by atoms with Crippen LogP contribution in [0.2, 0.25) is 0 Å². The van der Waals surface area contributed by atoms with Crippen molar-refractivity contribution >= 4 is 17.2 Å². The maximum Gasteiger partial charge on any atom is 0.433 e. The highest BCUT2D eigenvalue weighted by Crippen LogP contribution is 2.33. The topological polar surface area (TPSA) is 21.1 Å². The molecule has 1 aliphatic rings. The van der Waals surface area contributed by atoms with Gasteiger partial charge >= 0.3 is 6.18 Å². The summed E-state index contributed by atoms with van der Waals surface area (Å²) < 4.78 is 38.7. The monoisotopic (exact) mass is 263 g/mol. The average Bonchev–Trinajstić information content (AvgIpc) is 2.70. The van der Waals surface area contributed by atoms with Gasteiger partial charge in [0.15, 0.2) is 0 Å². The van der Waals surface area contributed by atoms with Crippen molar-refractivity contribution in [2.24, 2.45) is 7.05 Å². The number of thiocarbonyl (C=S) groups is 1. The van der Waals surface area contributed by atoms with E-state index in [1.165, 1.54) is 7.05 Å². The molecule has 2 rings (SSSR count). The second kappa shape index (κ2) is 3.97. The van der Waals surface area contributed by atoms with Gasteiger partial charge in [-0.2, -0.15) is 18.3 Å². The van der Waals surface area contributed by atoms with Gasteiger partial charge < -0.3 is 4.90 Å². The van der Waals surface area contributed by atoms with Gasteiger partial charge in [-0.1, -0.05) is 12.2 Å². The van der Waals surface area contributed by atoms with Crippen molar-refractivity contribution in [3.8, 4) is 0 Å². The Morgan fingerprint density at radius 1 is 1.41 bits per heavy atom. The Balaban J connectivity index is 2.27. The maximum absolute atomic E-state index is 12.6. The van der Waals surface area contributed by atoms with Gasteiger partial charge in [0.1, 0.15) is 5.69 Å². The van der Waals surface area contributed by atoms with Crippen LogP contribution in [0.15, 0.2) is 6.07 Å². The lowest BCUT2D eigenvalue weighted by atomic mass is 10.1. The van der Waals surface area contributed by atoms with E-state index in [2.05, 4.69) is 5.10 Å². The Bertz CT molecular complexity index is 452. The Hall–Kier alpha value is -1.11. The number of likely N-dealkylation sites (tertiary alicyclic amines) is 1. The number of likely N-dealkylation sites (N-methyl/N-ethyl adjacent to an activating group) is 1. The molecule has 17 heavy (non-hydrogen) atoms. The van der Waals surface area contributed by atoms with Crippen LogP contribution in [-0.2, 0) is 13.2 Å². The van der Waals surface area contributed by atoms with Gasteiger partial charge in [-0.25, -0.2) is 0 Å². The molecule has 94 valence electrons. The molecule has 0 amide bonds. The minimum Gasteiger partial charge on any atom is -0.369 e. The molecule has 1 aliphatic heterocycles. The third kappa shape index (κ3) is 2.29. The molecule has 1 unspecified atom stereocenters. The Morgan fingerprint density at radius 2 is 2.06 bits per heavy atom. The van der Waals surface area contributed by atoms with E-state index >= 15 is 0 Å². The van der Waals surface area contributed by atoms with Crippen LogP contribution in [0.4, 0.5) is 13.2 Å². The van der Waals surface area contributed by atoms with Crippen LogP contribution in [0.5, 0.6) is 0 Å². The van der Waals surface area contributed by atoms with Crippen molar-refractivity contribution in [2.75, 3.05) is 13.6 Å². The van der Waals surface area contributed by atoms with Gasteiger partial charge in [-0.05, 0) is 6.07 Å². The SMILES string of the molecule is CN1CC(c2cc(C(F)(F)F)n(C)n2)CC1=S. The van der Waals surface area contributed by atoms with Crippen molar-refractivity contribution in [3.05, 3.63) is 17.5 Å². The van der Waals surface area contributed by atoms with Crippen LogP contribution in [0, 0.1) is 0 Å². The fraction of sp³-hybridized carbons (Fsp3) is 0.600. The predicted octanol–water partition coefficient (Wildman–Crippen LogP) is 2.19. The predicted molar refractivity (Wildman–Crippen MR) is 60.8 cm³/mol. The molecule has 0 aliphatic carbocycles. The first-order valence-electron chi connectivity index (χ1n) is 5.14. The number of hydrogen-bond donors (Lipinski definition) is 0. The standard InChI is InChI=1S/C10H12F3N3S/c1-15-5-6(3-9(15)17)7-4-8(10(11,12)13)16(2)14-7/h4,6H,3,5H2,1-2H3. The van der Waals surface area contributed by atoms with Crippen molar-refractivity contribution < 1.29 is 13.2 Å². The molecular formula is C10H12F3N3S. The molecule has 1 saturated heterocycles. The molecule has 1 atom stereocenters. The zero-order valence-electron chi connectivity index (χ0n) is 9.45. The first-order valence-corrected chi connectivity index (χ1v) is 5.55. The van der Waals surface area contributed by atoms with Crippen LogP contribution in [0.25, 0.3) is 0 Å². The number of nitrogens with zero attached hydrogens (tertiary/aromatic N) is 3. The fourth-order valence-corrected chi connectivity index (χ4v) is 2.29. The third-order valence-corrected chi connectivity index (χ3v) is 3.43. The maximum atomic E-state index is 12.6. The molecule has 2 heterocycles. The highest BCUT2D eigenvalue weighted by atomic mass is 32.1. The van der Waals surface area contributed by atoms with Crippen LogP contribution in [0.3, 0.4) is 0 Å². The van der Waals surface area contributed by atoms with E-state index in [0.717, 1.165) is 15.7 Å². The molecule has 3 nitrogen and oxygen atoms in total. The molecule has 0 saturated carbocycles. The summed E-state index contributed by atoms with van der Waals surface area (Å²) in [5.74, 6) is -0.0326. The van der Waals surface area contributed by atoms with Crippen LogP contribution in [-0.4, -0.2) is 33.3 Å². The minimum absolute atomic E-state index is 0.0326. The number of alkyl halides is 3. The first kappa shape index (κ1) is 12.3. The Labute approximate surface area is 102 Å². The average molecular weight is 263 g/mol. The molecule has 0 radical (unpaired) electrons. The lowest BCUT2D eigenvalue weighted by Crippen LogP contribution is -2.17. The summed E-state index contributed by atoms with van der Waals surface area (Å²) in [6, 6.07) is 1.12. The Morgan fingerprint density at radius 3 is 2.47 bits per heavy atom. The zero-order chi connectivity index (χ0) is 12.8. The summed E-state index contributed by atoms with van der Waals surface area (Å²) >= 11 is 5.10. The third-order valence-electron chi connectivity index (χ3n) is 2.95. The molecule has 0 N–H and O–H groups in total. The second-order valence-corrected chi connectivity index (χ2v) is 4.72. The smallest absolute Gasteiger partial charge is 0.369 e. The van der Waals surface area contributed by atoms with Crippen LogP contribution in [0.1, 0.15) is 23.7 Å². The van der Waals surface area contributed by atoms with Crippen molar-refractivity contribution in [1.29, 1.82) is 0 Å². The number of halogens is 3. The molecule has 1 aromatic rings. The van der Waals surface area contributed by atoms with Crippen molar-refractivity contribution in [3.63, 3.8) is 0 Å². The van der Waals surface area contributed by atoms with Crippen LogP contribution < -0.4 is 0 Å². The van der Waals surface area contributed by atoms with Gasteiger partial charge in [-0.15, -0.1) is 0 Å². The highest BCUT2D eigenvalue weighted by Gasteiger charge is 2.37. The lowest BCUT2D eigenvalue weighted by molar-refractivity contribution is -0.143. The second-order valence-electron chi connectivity index (χ2n) is 4.25. The molecule has 1 aromatic heterocycles. The van der Waals surface area contributed by atoms with Crippen LogP contribution >= 0.6 is 12.2 Å². The number of aryl methyl sites for hydroxylation is 1. The van der Waals surface area contributed by atoms with Crippen molar-refractivity contribution in [1.82, 2.24) is 14.7 Å². The van der Waals surface area contributed by atoms with Gasteiger partial charge in [0, 0.05) is 33.0 Å². The molecule has 1 fully saturated rings. The molecular weight excluding hydrogens is 251 g/mol. The number of hydrogen-bond acceptors (Lipinski definition) is 2. The molecule has 0 aromatic carbocycles. The Kier molecular flexibility index (Phi) is 2.89. The van der Waals surface area contributed by atoms with Gasteiger partial charge in [0.05, 0.1) is 10.7 Å². The summed E-state index contributed by atoms with van der Waals surface area (Å²) in [6.07, 6.45) is -3.76. The summed E-state index contributed by atoms with van der Waals surface area (Å²) in [6.45, 7) is 0.632. The van der Waals surface area contributed by atoms with Crippen molar-refractivity contribution in [2.45, 2.75) is 18.5 Å². The first-order chi connectivity index (χ1) is 7.79. The van der Waals surface area contributed by atoms with E-state index in [0.29, 0.717) is 18.7 Å². The zero-order valence-corrected chi connectivity index (χ0v) is 10.3. The minimum atomic E-state index is -4.36. The quantitative estimate of drug-likeness (QED) is 0.725. The lowest BCUT2D eigenvalue weighted by Gasteiger charge is -2.09. The summed E-state index contributed by atoms with van der Waals surface area (Å²) in [4.78, 5) is 2.65. The van der Waals surface area contributed by atoms with E-state index < -0.39 is 11.9 Å². The van der Waals surface area contributed by atoms with Gasteiger partial charge in [0.25, 0.3) is 0 Å². The van der Waals surface area contributed by atoms with E-state index in [1.54, 1.807) is 0 Å². The number of rotatable bonds is 1. The largest absolute Gasteiger partial charge is 0.433 e. The fourth-order valence-electron chi connectivity index (χ4n) is 2.02. The van der Waals surface area contributed by atoms with E-state index in [-0.39, 0.29) is 5.92 Å². The van der Waals surface area contributed by atoms with E-state index in [9.17, 15) is 13.2 Å². The summed E-state index contributed by atoms with van der Waals surface area (Å²) in [5.41, 5.74) is -0.250. The van der Waals surface area contributed by atoms with Gasteiger partial charge in [0.2, 0.25) is 0 Å². The van der Waals surface area contributed by atoms with E-state index in [4.69, 9.17) is 12.2 Å². The van der Waals surface area contributed by atoms with E-state index in [1.807, 2.05) is 11.9 Å². The molecule has 0 bridgehead atoms. The van der Waals surface area contributed by atoms with Gasteiger partial charge in [-0.3, -0.25) is 4.68 Å². The normalized spacial score (nSPS) is 21.4. The molecule has 0 spiro atoms. The number of aromatic nitrogens is 2.